The average molecular weight is 1680 g/mol. The number of aromatic nitrogens is 4. The van der Waals surface area contributed by atoms with E-state index in [4.69, 9.17) is 0 Å². The van der Waals surface area contributed by atoms with Crippen molar-refractivity contribution in [1.29, 1.82) is 0 Å². The maximum absolute atomic E-state index is 2.58. The van der Waals surface area contributed by atoms with Gasteiger partial charge in [0, 0.05) is 76.7 Å². The van der Waals surface area contributed by atoms with Gasteiger partial charge in [-0.2, -0.15) is 0 Å². The van der Waals surface area contributed by atoms with Crippen LogP contribution in [-0.2, 0) is 21.7 Å². The van der Waals surface area contributed by atoms with Crippen molar-refractivity contribution in [2.75, 3.05) is 0 Å². The Labute approximate surface area is 765 Å². The standard InChI is InChI=1S/C128H86N4/c1-125(2)109-54-27-20-45-93(109)101-75-120-105(71-112(101)125)96-48-23-30-57-116(96)129(120)88-65-82(79-35-10-5-11-36-79)66-89(69-88)132-117-58-31-24-49-97(117)106-72-113-104(78-123(106)132)100-53-34-52-92(124(100)126(113,3)4)81-63-61-80(62-64-81)83-67-90(130-118-59-32-25-50-98(118)107-73-114-102(76-121(107)130)94-46-21-28-55-110(94)127(114,84-37-12-6-13-38-84)85-39-14-7-15-40-85)70-91(68-83)131-119-60-33-26-51-99(119)108-74-115-103(77-122(108)131)95-47-22-29-56-111(95)128(115,86-41-16-8-17-42-86)87-43-18-9-19-44-87/h5-78H,1-4H3. The van der Waals surface area contributed by atoms with Gasteiger partial charge in [0.15, 0.2) is 0 Å². The van der Waals surface area contributed by atoms with Gasteiger partial charge in [-0.25, -0.2) is 0 Å². The zero-order chi connectivity index (χ0) is 87.2. The van der Waals surface area contributed by atoms with Gasteiger partial charge in [0.25, 0.3) is 0 Å². The largest absolute Gasteiger partial charge is 0.309 e. The Hall–Kier alpha value is -16.4. The highest BCUT2D eigenvalue weighted by Gasteiger charge is 2.49. The highest BCUT2D eigenvalue weighted by atomic mass is 15.0. The van der Waals surface area contributed by atoms with E-state index in [2.05, 4.69) is 495 Å². The Balaban J connectivity index is 0.630. The van der Waals surface area contributed by atoms with Crippen molar-refractivity contribution in [2.45, 2.75) is 49.4 Å². The molecule has 0 aliphatic heterocycles. The van der Waals surface area contributed by atoms with Crippen LogP contribution in [0.3, 0.4) is 0 Å². The van der Waals surface area contributed by atoms with Crippen molar-refractivity contribution < 1.29 is 0 Å². The van der Waals surface area contributed by atoms with E-state index in [0.29, 0.717) is 0 Å². The number of rotatable bonds is 11. The van der Waals surface area contributed by atoms with Crippen molar-refractivity contribution in [3.63, 3.8) is 0 Å². The predicted octanol–water partition coefficient (Wildman–Crippen LogP) is 32.4. The van der Waals surface area contributed by atoms with Gasteiger partial charge in [-0.05, 0) is 254 Å². The van der Waals surface area contributed by atoms with E-state index in [-0.39, 0.29) is 10.8 Å². The van der Waals surface area contributed by atoms with Crippen molar-refractivity contribution in [3.05, 3.63) is 516 Å². The minimum atomic E-state index is -0.577. The molecule has 0 saturated carbocycles. The molecular formula is C128H86N4. The van der Waals surface area contributed by atoms with Crippen LogP contribution in [0.2, 0.25) is 0 Å². The second-order valence-corrected chi connectivity index (χ2v) is 38.1. The van der Waals surface area contributed by atoms with Gasteiger partial charge in [-0.1, -0.05) is 367 Å². The molecule has 0 spiro atoms. The first-order valence-electron chi connectivity index (χ1n) is 46.4. The van der Waals surface area contributed by atoms with Crippen LogP contribution in [0.5, 0.6) is 0 Å². The molecule has 0 saturated heterocycles. The van der Waals surface area contributed by atoms with Gasteiger partial charge in [0.05, 0.1) is 55.0 Å². The Morgan fingerprint density at radius 2 is 0.424 bits per heavy atom. The summed E-state index contributed by atoms with van der Waals surface area (Å²) in [6.07, 6.45) is 0. The lowest BCUT2D eigenvalue weighted by Crippen LogP contribution is -2.28. The van der Waals surface area contributed by atoms with Crippen LogP contribution in [0.1, 0.15) is 94.5 Å². The van der Waals surface area contributed by atoms with Crippen LogP contribution < -0.4 is 0 Å². The van der Waals surface area contributed by atoms with Gasteiger partial charge in [0.2, 0.25) is 0 Å². The fraction of sp³-hybridized carbons (Fsp3) is 0.0625. The normalized spacial score (nSPS) is 14.3. The lowest BCUT2D eigenvalue weighted by atomic mass is 9.67. The van der Waals surface area contributed by atoms with Gasteiger partial charge in [0.1, 0.15) is 0 Å². The molecule has 0 amide bonds. The van der Waals surface area contributed by atoms with Gasteiger partial charge < -0.3 is 18.3 Å². The lowest BCUT2D eigenvalue weighted by Gasteiger charge is -2.34. The number of hydrogen-bond donors (Lipinski definition) is 0. The van der Waals surface area contributed by atoms with E-state index in [1.165, 1.54) is 193 Å². The first-order valence-corrected chi connectivity index (χ1v) is 46.4. The molecule has 132 heavy (non-hydrogen) atoms. The minimum absolute atomic E-state index is 0.138. The molecule has 0 bridgehead atoms. The molecule has 28 rings (SSSR count). The van der Waals surface area contributed by atoms with E-state index in [0.717, 1.165) is 61.5 Å². The molecule has 4 aromatic heterocycles. The monoisotopic (exact) mass is 1680 g/mol. The smallest absolute Gasteiger partial charge is 0.0713 e. The predicted molar refractivity (Wildman–Crippen MR) is 550 cm³/mol. The topological polar surface area (TPSA) is 19.7 Å². The highest BCUT2D eigenvalue weighted by molar-refractivity contribution is 6.17. The average Bonchev–Trinajstić information content (AvgIpc) is 1.53. The summed E-state index contributed by atoms with van der Waals surface area (Å²) in [6, 6.07) is 171. The number of nitrogens with zero attached hydrogens (tertiary/aromatic N) is 4. The molecule has 4 nitrogen and oxygen atoms in total. The zero-order valence-corrected chi connectivity index (χ0v) is 73.5. The van der Waals surface area contributed by atoms with E-state index < -0.39 is 10.8 Å². The van der Waals surface area contributed by atoms with Gasteiger partial charge >= 0.3 is 0 Å². The maximum atomic E-state index is 2.58. The third-order valence-electron chi connectivity index (χ3n) is 30.8. The molecule has 20 aromatic carbocycles. The molecule has 0 fully saturated rings. The van der Waals surface area contributed by atoms with E-state index >= 15 is 0 Å². The van der Waals surface area contributed by atoms with Crippen molar-refractivity contribution >= 4 is 87.2 Å². The SMILES string of the molecule is CC1(C)c2ccccc2-c2cc3c(cc21)c1ccccc1n3-c1cc(-c2ccccc2)cc(-n2c3ccccc3c3cc4c(cc32)-c2cccc(-c3ccc(-c5cc(-n6c7ccccc7c7cc8c(cc76)-c6ccccc6C8(c6ccccc6)c6ccccc6)cc(-n6c7ccccc7c7cc8c(cc76)-c6ccccc6C8(c6ccccc6)c6ccccc6)c5)cc3)c2C4(C)C)c1. The van der Waals surface area contributed by atoms with E-state index in [1.54, 1.807) is 0 Å². The van der Waals surface area contributed by atoms with Crippen molar-refractivity contribution in [2.24, 2.45) is 0 Å². The van der Waals surface area contributed by atoms with Crippen LogP contribution >= 0.6 is 0 Å². The number of hydrogen-bond acceptors (Lipinski definition) is 0. The molecule has 4 aliphatic rings. The van der Waals surface area contributed by atoms with Crippen LogP contribution in [0.25, 0.3) is 188 Å². The van der Waals surface area contributed by atoms with Gasteiger partial charge in [-0.15, -0.1) is 0 Å². The molecule has 0 atom stereocenters. The summed E-state index contributed by atoms with van der Waals surface area (Å²) in [7, 11) is 0. The molecule has 618 valence electrons. The first-order chi connectivity index (χ1) is 65.0. The zero-order valence-electron chi connectivity index (χ0n) is 73.5. The third-order valence-corrected chi connectivity index (χ3v) is 30.8. The Morgan fingerprint density at radius 1 is 0.152 bits per heavy atom. The second-order valence-electron chi connectivity index (χ2n) is 38.1. The third kappa shape index (κ3) is 10.2. The molecule has 4 heterocycles. The molecule has 24 aromatic rings. The Bertz CT molecular complexity index is 8690. The van der Waals surface area contributed by atoms with Crippen molar-refractivity contribution in [3.8, 4) is 101 Å². The van der Waals surface area contributed by atoms with Crippen LogP contribution in [0.4, 0.5) is 0 Å². The molecule has 0 unspecified atom stereocenters. The number of benzene rings is 20. The summed E-state index contributed by atoms with van der Waals surface area (Å²) in [5, 5.41) is 9.81. The fourth-order valence-electron chi connectivity index (χ4n) is 25.2. The van der Waals surface area contributed by atoms with E-state index in [9.17, 15) is 0 Å². The molecule has 0 N–H and O–H groups in total. The molecular weight excluding hydrogens is 1590 g/mol. The molecule has 4 aliphatic carbocycles. The minimum Gasteiger partial charge on any atom is -0.309 e. The Morgan fingerprint density at radius 3 is 0.811 bits per heavy atom. The molecule has 4 heteroatoms. The van der Waals surface area contributed by atoms with Crippen molar-refractivity contribution in [1.82, 2.24) is 18.3 Å². The number of fused-ring (bicyclic) bond motifs is 24. The summed E-state index contributed by atoms with van der Waals surface area (Å²) in [4.78, 5) is 0. The van der Waals surface area contributed by atoms with Crippen LogP contribution in [-0.4, -0.2) is 18.3 Å². The summed E-state index contributed by atoms with van der Waals surface area (Å²) in [5.41, 5.74) is 44.8. The van der Waals surface area contributed by atoms with E-state index in [1.807, 2.05) is 0 Å². The lowest BCUT2D eigenvalue weighted by molar-refractivity contribution is 0.661. The maximum Gasteiger partial charge on any atom is 0.0713 e. The highest BCUT2D eigenvalue weighted by Crippen LogP contribution is 2.62. The summed E-state index contributed by atoms with van der Waals surface area (Å²) >= 11 is 0. The molecule has 0 radical (unpaired) electrons. The number of para-hydroxylation sites is 4. The summed E-state index contributed by atoms with van der Waals surface area (Å²) in [6.45, 7) is 9.69. The quantitative estimate of drug-likeness (QED) is 0.123. The summed E-state index contributed by atoms with van der Waals surface area (Å²) < 4.78 is 10.2. The van der Waals surface area contributed by atoms with Gasteiger partial charge in [-0.3, -0.25) is 0 Å². The van der Waals surface area contributed by atoms with Crippen LogP contribution in [0, 0.1) is 0 Å². The second kappa shape index (κ2) is 27.6. The summed E-state index contributed by atoms with van der Waals surface area (Å²) in [5.74, 6) is 0. The first kappa shape index (κ1) is 74.7. The van der Waals surface area contributed by atoms with Crippen LogP contribution in [0.15, 0.2) is 449 Å². The Kier molecular flexibility index (Phi) is 15.6. The fourth-order valence-corrected chi connectivity index (χ4v) is 25.2.